The summed E-state index contributed by atoms with van der Waals surface area (Å²) in [6.45, 7) is 0.191. The maximum absolute atomic E-state index is 10.9. The molecule has 0 amide bonds. The lowest BCUT2D eigenvalue weighted by molar-refractivity contribution is 0.0686. The molecule has 0 aliphatic carbocycles. The van der Waals surface area contributed by atoms with Gasteiger partial charge in [-0.2, -0.15) is 0 Å². The van der Waals surface area contributed by atoms with Gasteiger partial charge in [0.25, 0.3) is 0 Å². The van der Waals surface area contributed by atoms with E-state index in [1.54, 1.807) is 26.3 Å². The predicted octanol–water partition coefficient (Wildman–Crippen LogP) is 1.71. The van der Waals surface area contributed by atoms with Crippen LogP contribution in [0.4, 0.5) is 0 Å². The van der Waals surface area contributed by atoms with Crippen LogP contribution in [0.25, 0.3) is 0 Å². The number of carboxylic acid groups (broad SMARTS) is 1. The van der Waals surface area contributed by atoms with Gasteiger partial charge in [-0.25, -0.2) is 9.78 Å². The third kappa shape index (κ3) is 2.85. The van der Waals surface area contributed by atoms with Crippen molar-refractivity contribution in [2.45, 2.75) is 6.61 Å². The summed E-state index contributed by atoms with van der Waals surface area (Å²) in [5.74, 6) is 0.866. The molecule has 1 aromatic carbocycles. The Bertz CT molecular complexity index is 592. The highest BCUT2D eigenvalue weighted by molar-refractivity contribution is 5.85. The number of methoxy groups -OCH3 is 1. The molecule has 1 N–H and O–H groups in total. The van der Waals surface area contributed by atoms with Gasteiger partial charge >= 0.3 is 5.97 Å². The summed E-state index contributed by atoms with van der Waals surface area (Å²) in [4.78, 5) is 14.9. The molecule has 6 nitrogen and oxygen atoms in total. The van der Waals surface area contributed by atoms with Crippen LogP contribution in [0.1, 0.15) is 16.3 Å². The van der Waals surface area contributed by atoms with Crippen molar-refractivity contribution in [3.05, 3.63) is 42.0 Å². The summed E-state index contributed by atoms with van der Waals surface area (Å²) in [6.07, 6.45) is 1.31. The summed E-state index contributed by atoms with van der Waals surface area (Å²) in [5.41, 5.74) is 0.129. The Balaban J connectivity index is 2.08. The van der Waals surface area contributed by atoms with Crippen LogP contribution in [0.15, 0.2) is 30.5 Å². The number of ether oxygens (including phenoxy) is 2. The molecule has 1 heterocycles. The van der Waals surface area contributed by atoms with E-state index in [1.807, 2.05) is 12.1 Å². The lowest BCUT2D eigenvalue weighted by Crippen LogP contribution is -2.09. The predicted molar refractivity (Wildman–Crippen MR) is 67.5 cm³/mol. The van der Waals surface area contributed by atoms with Crippen LogP contribution in [0.5, 0.6) is 11.5 Å². The van der Waals surface area contributed by atoms with Crippen molar-refractivity contribution < 1.29 is 19.4 Å². The Morgan fingerprint density at radius 3 is 2.79 bits per heavy atom. The molecular weight excluding hydrogens is 248 g/mol. The van der Waals surface area contributed by atoms with Crippen molar-refractivity contribution in [3.8, 4) is 11.5 Å². The lowest BCUT2D eigenvalue weighted by Gasteiger charge is -2.08. The van der Waals surface area contributed by atoms with Crippen molar-refractivity contribution >= 4 is 5.97 Å². The van der Waals surface area contributed by atoms with E-state index in [9.17, 15) is 4.79 Å². The van der Waals surface area contributed by atoms with Crippen molar-refractivity contribution in [1.82, 2.24) is 9.55 Å². The SMILES string of the molecule is COc1cccc(OCc2ncc(C(=O)O)n2C)c1. The molecule has 0 bridgehead atoms. The normalized spacial score (nSPS) is 10.2. The Morgan fingerprint density at radius 1 is 1.42 bits per heavy atom. The molecular formula is C13H14N2O4. The van der Waals surface area contributed by atoms with E-state index >= 15 is 0 Å². The third-order valence-corrected chi connectivity index (χ3v) is 2.71. The first-order valence-corrected chi connectivity index (χ1v) is 5.62. The standard InChI is InChI=1S/C13H14N2O4/c1-15-11(13(16)17)7-14-12(15)8-19-10-5-3-4-9(6-10)18-2/h3-7H,8H2,1-2H3,(H,16,17). The number of benzene rings is 1. The van der Waals surface area contributed by atoms with Gasteiger partial charge in [-0.3, -0.25) is 0 Å². The smallest absolute Gasteiger partial charge is 0.354 e. The van der Waals surface area contributed by atoms with Gasteiger partial charge in [-0.05, 0) is 12.1 Å². The largest absolute Gasteiger partial charge is 0.497 e. The second kappa shape index (κ2) is 5.43. The molecule has 1 aromatic heterocycles. The number of aromatic nitrogens is 2. The molecule has 6 heteroatoms. The minimum atomic E-state index is -1.01. The molecule has 0 aliphatic heterocycles. The first-order valence-electron chi connectivity index (χ1n) is 5.62. The monoisotopic (exact) mass is 262 g/mol. The van der Waals surface area contributed by atoms with Gasteiger partial charge < -0.3 is 19.1 Å². The zero-order chi connectivity index (χ0) is 13.8. The number of hydrogen-bond donors (Lipinski definition) is 1. The minimum absolute atomic E-state index is 0.129. The second-order valence-corrected chi connectivity index (χ2v) is 3.89. The maximum atomic E-state index is 10.9. The van der Waals surface area contributed by atoms with Gasteiger partial charge in [0, 0.05) is 13.1 Å². The van der Waals surface area contributed by atoms with E-state index in [-0.39, 0.29) is 12.3 Å². The highest BCUT2D eigenvalue weighted by Crippen LogP contribution is 2.19. The number of hydrogen-bond acceptors (Lipinski definition) is 4. The quantitative estimate of drug-likeness (QED) is 0.887. The van der Waals surface area contributed by atoms with Crippen LogP contribution in [-0.4, -0.2) is 27.7 Å². The summed E-state index contributed by atoms with van der Waals surface area (Å²) in [7, 11) is 3.22. The first-order chi connectivity index (χ1) is 9.11. The Labute approximate surface area is 110 Å². The van der Waals surface area contributed by atoms with Gasteiger partial charge in [0.05, 0.1) is 13.3 Å². The van der Waals surface area contributed by atoms with E-state index in [2.05, 4.69) is 4.98 Å². The maximum Gasteiger partial charge on any atom is 0.354 e. The Kier molecular flexibility index (Phi) is 3.70. The molecule has 0 atom stereocenters. The van der Waals surface area contributed by atoms with Gasteiger partial charge in [-0.15, -0.1) is 0 Å². The zero-order valence-electron chi connectivity index (χ0n) is 10.7. The summed E-state index contributed by atoms with van der Waals surface area (Å²) < 4.78 is 12.1. The number of rotatable bonds is 5. The summed E-state index contributed by atoms with van der Waals surface area (Å²) >= 11 is 0. The molecule has 100 valence electrons. The van der Waals surface area contributed by atoms with Crippen molar-refractivity contribution in [3.63, 3.8) is 0 Å². The van der Waals surface area contributed by atoms with E-state index < -0.39 is 5.97 Å². The van der Waals surface area contributed by atoms with Gasteiger partial charge in [0.1, 0.15) is 29.6 Å². The average Bonchev–Trinajstić information content (AvgIpc) is 2.78. The number of carbonyl (C=O) groups is 1. The first kappa shape index (κ1) is 12.9. The molecule has 0 saturated carbocycles. The number of aromatic carboxylic acids is 1. The van der Waals surface area contributed by atoms with E-state index in [0.717, 1.165) is 0 Å². The summed E-state index contributed by atoms with van der Waals surface area (Å²) in [5, 5.41) is 8.91. The van der Waals surface area contributed by atoms with Crippen LogP contribution in [-0.2, 0) is 13.7 Å². The molecule has 0 unspecified atom stereocenters. The van der Waals surface area contributed by atoms with Crippen LogP contribution >= 0.6 is 0 Å². The fourth-order valence-electron chi connectivity index (χ4n) is 1.62. The average molecular weight is 262 g/mol. The van der Waals surface area contributed by atoms with E-state index in [1.165, 1.54) is 10.8 Å². The van der Waals surface area contributed by atoms with Crippen molar-refractivity contribution in [2.75, 3.05) is 7.11 Å². The van der Waals surface area contributed by atoms with Gasteiger partial charge in [-0.1, -0.05) is 6.07 Å². The molecule has 0 saturated heterocycles. The fraction of sp³-hybridized carbons (Fsp3) is 0.231. The highest BCUT2D eigenvalue weighted by atomic mass is 16.5. The second-order valence-electron chi connectivity index (χ2n) is 3.89. The van der Waals surface area contributed by atoms with E-state index in [4.69, 9.17) is 14.6 Å². The molecule has 0 spiro atoms. The molecule has 19 heavy (non-hydrogen) atoms. The molecule has 0 radical (unpaired) electrons. The summed E-state index contributed by atoms with van der Waals surface area (Å²) in [6, 6.07) is 7.18. The van der Waals surface area contributed by atoms with Crippen molar-refractivity contribution in [2.24, 2.45) is 7.05 Å². The minimum Gasteiger partial charge on any atom is -0.497 e. The zero-order valence-corrected chi connectivity index (χ0v) is 10.7. The number of imidazole rings is 1. The van der Waals surface area contributed by atoms with E-state index in [0.29, 0.717) is 17.3 Å². The molecule has 0 fully saturated rings. The van der Waals surface area contributed by atoms with Crippen LogP contribution in [0.3, 0.4) is 0 Å². The highest BCUT2D eigenvalue weighted by Gasteiger charge is 2.12. The number of carboxylic acids is 1. The third-order valence-electron chi connectivity index (χ3n) is 2.71. The van der Waals surface area contributed by atoms with Crippen LogP contribution < -0.4 is 9.47 Å². The van der Waals surface area contributed by atoms with Crippen LogP contribution in [0, 0.1) is 0 Å². The van der Waals surface area contributed by atoms with Gasteiger partial charge in [0.15, 0.2) is 0 Å². The van der Waals surface area contributed by atoms with Gasteiger partial charge in [0.2, 0.25) is 0 Å². The van der Waals surface area contributed by atoms with Crippen molar-refractivity contribution in [1.29, 1.82) is 0 Å². The fourth-order valence-corrected chi connectivity index (χ4v) is 1.62. The number of nitrogens with zero attached hydrogens (tertiary/aromatic N) is 2. The molecule has 0 aliphatic rings. The molecule has 2 rings (SSSR count). The molecule has 2 aromatic rings. The Morgan fingerprint density at radius 2 is 2.16 bits per heavy atom. The van der Waals surface area contributed by atoms with Crippen LogP contribution in [0.2, 0.25) is 0 Å². The lowest BCUT2D eigenvalue weighted by atomic mass is 10.3. The topological polar surface area (TPSA) is 73.6 Å². The Hall–Kier alpha value is -2.50.